The summed E-state index contributed by atoms with van der Waals surface area (Å²) in [5.74, 6) is 1.22. The van der Waals surface area contributed by atoms with Gasteiger partial charge in [0, 0.05) is 17.6 Å². The highest BCUT2D eigenvalue weighted by atomic mass is 16.5. The summed E-state index contributed by atoms with van der Waals surface area (Å²) in [5, 5.41) is 14.4. The van der Waals surface area contributed by atoms with E-state index < -0.39 is 0 Å². The van der Waals surface area contributed by atoms with Gasteiger partial charge < -0.3 is 9.30 Å². The Morgan fingerprint density at radius 2 is 2.25 bits per heavy atom. The number of hydrogen-bond acceptors (Lipinski definition) is 5. The van der Waals surface area contributed by atoms with E-state index in [0.29, 0.717) is 30.1 Å². The lowest BCUT2D eigenvalue weighted by Crippen LogP contribution is -2.11. The molecule has 0 radical (unpaired) electrons. The fourth-order valence-electron chi connectivity index (χ4n) is 2.14. The van der Waals surface area contributed by atoms with Crippen LogP contribution in [-0.4, -0.2) is 31.8 Å². The van der Waals surface area contributed by atoms with Crippen LogP contribution >= 0.6 is 0 Å². The lowest BCUT2D eigenvalue weighted by molar-refractivity contribution is 0.342. The van der Waals surface area contributed by atoms with Gasteiger partial charge in [0.05, 0.1) is 18.7 Å². The van der Waals surface area contributed by atoms with Crippen molar-refractivity contribution in [1.29, 1.82) is 0 Å². The largest absolute Gasteiger partial charge is 0.492 e. The van der Waals surface area contributed by atoms with E-state index in [4.69, 9.17) is 4.74 Å². The maximum atomic E-state index is 12.0. The molecular weight excluding hydrogens is 258 g/mol. The van der Waals surface area contributed by atoms with E-state index in [1.807, 2.05) is 23.6 Å². The third-order valence-corrected chi connectivity index (χ3v) is 2.96. The minimum absolute atomic E-state index is 0.0362. The summed E-state index contributed by atoms with van der Waals surface area (Å²) < 4.78 is 7.49. The fourth-order valence-corrected chi connectivity index (χ4v) is 2.14. The molecule has 1 aromatic carbocycles. The number of nitrogens with zero attached hydrogens (tertiary/aromatic N) is 4. The van der Waals surface area contributed by atoms with Gasteiger partial charge in [-0.15, -0.1) is 10.2 Å². The highest BCUT2D eigenvalue weighted by Gasteiger charge is 2.10. The quantitative estimate of drug-likeness (QED) is 0.764. The van der Waals surface area contributed by atoms with Crippen LogP contribution in [0.25, 0.3) is 10.9 Å². The zero-order valence-corrected chi connectivity index (χ0v) is 10.9. The fraction of sp³-hybridized carbons (Fsp3) is 0.231. The molecule has 0 aliphatic carbocycles. The first-order valence-electron chi connectivity index (χ1n) is 6.27. The Balaban J connectivity index is 2.20. The number of ether oxygens (including phenoxy) is 1. The average Bonchev–Trinajstić information content (AvgIpc) is 2.96. The number of rotatable bonds is 4. The molecule has 0 unspecified atom stereocenters. The summed E-state index contributed by atoms with van der Waals surface area (Å²) >= 11 is 0. The number of fused-ring (bicyclic) bond motifs is 1. The molecule has 0 aliphatic heterocycles. The summed E-state index contributed by atoms with van der Waals surface area (Å²) in [4.78, 5) is 12.0. The topological polar surface area (TPSA) is 85.7 Å². The zero-order valence-electron chi connectivity index (χ0n) is 10.9. The Hall–Kier alpha value is -2.70. The van der Waals surface area contributed by atoms with Crippen molar-refractivity contribution in [1.82, 2.24) is 25.2 Å². The molecule has 20 heavy (non-hydrogen) atoms. The lowest BCUT2D eigenvalue weighted by Gasteiger charge is -2.13. The molecule has 0 amide bonds. The summed E-state index contributed by atoms with van der Waals surface area (Å²) in [7, 11) is 0. The summed E-state index contributed by atoms with van der Waals surface area (Å²) in [5.41, 5.74) is 0.706. The molecule has 1 N–H and O–H groups in total. The maximum Gasteiger partial charge on any atom is 0.194 e. The second kappa shape index (κ2) is 5.12. The highest BCUT2D eigenvalue weighted by Crippen LogP contribution is 2.23. The number of tetrazole rings is 1. The van der Waals surface area contributed by atoms with Gasteiger partial charge in [-0.2, -0.15) is 5.21 Å². The van der Waals surface area contributed by atoms with Crippen LogP contribution in [0.15, 0.2) is 35.3 Å². The van der Waals surface area contributed by atoms with Crippen molar-refractivity contribution >= 4 is 10.9 Å². The third kappa shape index (κ3) is 2.13. The second-order valence-electron chi connectivity index (χ2n) is 4.22. The predicted octanol–water partition coefficient (Wildman–Crippen LogP) is 0.962. The van der Waals surface area contributed by atoms with Crippen molar-refractivity contribution in [2.24, 2.45) is 0 Å². The number of benzene rings is 1. The van der Waals surface area contributed by atoms with Crippen molar-refractivity contribution in [3.05, 3.63) is 46.5 Å². The number of aromatic amines is 1. The summed E-state index contributed by atoms with van der Waals surface area (Å²) in [6.07, 6.45) is 1.71. The first kappa shape index (κ1) is 12.3. The molecule has 7 nitrogen and oxygen atoms in total. The van der Waals surface area contributed by atoms with Gasteiger partial charge >= 0.3 is 0 Å². The van der Waals surface area contributed by atoms with Crippen molar-refractivity contribution in [3.63, 3.8) is 0 Å². The number of nitrogens with one attached hydrogen (secondary N) is 1. The molecule has 7 heteroatoms. The Bertz CT molecular complexity index is 779. The van der Waals surface area contributed by atoms with Crippen molar-refractivity contribution in [3.8, 4) is 5.75 Å². The van der Waals surface area contributed by atoms with E-state index >= 15 is 0 Å². The summed E-state index contributed by atoms with van der Waals surface area (Å²) in [6, 6.07) is 6.97. The van der Waals surface area contributed by atoms with Crippen LogP contribution in [0.4, 0.5) is 0 Å². The van der Waals surface area contributed by atoms with E-state index in [9.17, 15) is 4.79 Å². The average molecular weight is 271 g/mol. The monoisotopic (exact) mass is 271 g/mol. The van der Waals surface area contributed by atoms with Crippen LogP contribution in [-0.2, 0) is 6.54 Å². The standard InChI is InChI=1S/C13H13N5O2/c1-2-20-11-5-3-4-9-10(19)6-7-18(13(9)11)8-12-14-16-17-15-12/h3-7H,2,8H2,1H3,(H,14,15,16,17). The Labute approximate surface area is 114 Å². The normalized spacial score (nSPS) is 10.8. The minimum atomic E-state index is -0.0362. The first-order valence-corrected chi connectivity index (χ1v) is 6.27. The Morgan fingerprint density at radius 1 is 1.35 bits per heavy atom. The molecule has 0 saturated carbocycles. The van der Waals surface area contributed by atoms with E-state index in [-0.39, 0.29) is 5.43 Å². The molecule has 0 saturated heterocycles. The van der Waals surface area contributed by atoms with E-state index in [2.05, 4.69) is 20.6 Å². The van der Waals surface area contributed by atoms with Gasteiger partial charge in [0.2, 0.25) is 0 Å². The number of aromatic nitrogens is 5. The van der Waals surface area contributed by atoms with E-state index in [1.165, 1.54) is 6.07 Å². The molecule has 0 atom stereocenters. The zero-order chi connectivity index (χ0) is 13.9. The molecule has 3 rings (SSSR count). The van der Waals surface area contributed by atoms with Crippen LogP contribution < -0.4 is 10.2 Å². The summed E-state index contributed by atoms with van der Waals surface area (Å²) in [6.45, 7) is 2.85. The van der Waals surface area contributed by atoms with Gasteiger partial charge in [0.25, 0.3) is 0 Å². The van der Waals surface area contributed by atoms with Crippen LogP contribution in [0.2, 0.25) is 0 Å². The van der Waals surface area contributed by atoms with E-state index in [0.717, 1.165) is 5.52 Å². The second-order valence-corrected chi connectivity index (χ2v) is 4.22. The number of H-pyrrole nitrogens is 1. The van der Waals surface area contributed by atoms with Crippen molar-refractivity contribution < 1.29 is 4.74 Å². The van der Waals surface area contributed by atoms with Crippen molar-refractivity contribution in [2.45, 2.75) is 13.5 Å². The smallest absolute Gasteiger partial charge is 0.194 e. The van der Waals surface area contributed by atoms with Crippen LogP contribution in [0.3, 0.4) is 0 Å². The van der Waals surface area contributed by atoms with Crippen LogP contribution in [0.5, 0.6) is 5.75 Å². The Morgan fingerprint density at radius 3 is 3.00 bits per heavy atom. The van der Waals surface area contributed by atoms with Gasteiger partial charge in [-0.05, 0) is 19.1 Å². The number of pyridine rings is 1. The minimum Gasteiger partial charge on any atom is -0.492 e. The molecule has 2 aromatic heterocycles. The van der Waals surface area contributed by atoms with E-state index in [1.54, 1.807) is 12.3 Å². The molecule has 0 fully saturated rings. The third-order valence-electron chi connectivity index (χ3n) is 2.96. The molecule has 3 aromatic rings. The van der Waals surface area contributed by atoms with Crippen LogP contribution in [0.1, 0.15) is 12.7 Å². The number of hydrogen-bond donors (Lipinski definition) is 1. The lowest BCUT2D eigenvalue weighted by atomic mass is 10.2. The Kier molecular flexibility index (Phi) is 3.16. The van der Waals surface area contributed by atoms with Crippen LogP contribution in [0, 0.1) is 0 Å². The molecule has 102 valence electrons. The number of para-hydroxylation sites is 1. The molecule has 2 heterocycles. The van der Waals surface area contributed by atoms with Gasteiger partial charge in [-0.3, -0.25) is 4.79 Å². The van der Waals surface area contributed by atoms with Crippen molar-refractivity contribution in [2.75, 3.05) is 6.61 Å². The van der Waals surface area contributed by atoms with Gasteiger partial charge in [-0.25, -0.2) is 0 Å². The molecule has 0 aliphatic rings. The molecule has 0 spiro atoms. The highest BCUT2D eigenvalue weighted by molar-refractivity contribution is 5.84. The molecular formula is C13H13N5O2. The first-order chi connectivity index (χ1) is 9.79. The predicted molar refractivity (Wildman–Crippen MR) is 72.7 cm³/mol. The maximum absolute atomic E-state index is 12.0. The van der Waals surface area contributed by atoms with Gasteiger partial charge in [0.1, 0.15) is 5.75 Å². The van der Waals surface area contributed by atoms with Gasteiger partial charge in [0.15, 0.2) is 11.3 Å². The van der Waals surface area contributed by atoms with Gasteiger partial charge in [-0.1, -0.05) is 11.3 Å². The SMILES string of the molecule is CCOc1cccc2c(=O)ccn(Cc3nn[nH]n3)c12. The molecule has 0 bridgehead atoms.